The van der Waals surface area contributed by atoms with Gasteiger partial charge in [-0.2, -0.15) is 0 Å². The largest absolute Gasteiger partial charge is 0.497 e. The molecule has 8 heteroatoms. The Bertz CT molecular complexity index is 961. The molecule has 1 heterocycles. The molecule has 0 aliphatic carbocycles. The van der Waals surface area contributed by atoms with Crippen molar-refractivity contribution in [3.8, 4) is 11.5 Å². The predicted molar refractivity (Wildman–Crippen MR) is 103 cm³/mol. The lowest BCUT2D eigenvalue weighted by Gasteiger charge is -2.23. The monoisotopic (exact) mass is 402 g/mol. The highest BCUT2D eigenvalue weighted by Gasteiger charge is 2.50. The molecule has 146 valence electrons. The smallest absolute Gasteiger partial charge is 0.325 e. The molecule has 3 amide bonds. The Morgan fingerprint density at radius 3 is 2.50 bits per heavy atom. The zero-order valence-electron chi connectivity index (χ0n) is 15.6. The van der Waals surface area contributed by atoms with Gasteiger partial charge in [-0.05, 0) is 25.1 Å². The third kappa shape index (κ3) is 3.29. The maximum Gasteiger partial charge on any atom is 0.325 e. The number of amides is 3. The minimum atomic E-state index is -1.35. The van der Waals surface area contributed by atoms with Crippen LogP contribution in [0.3, 0.4) is 0 Å². The standard InChI is InChI=1S/C20H19ClN2O5/c1-20(14-6-4-5-7-15(14)21)18(25)23(19(26)22-20)11-16(24)13-9-8-12(27-2)10-17(13)28-3/h4-10H,11H2,1-3H3,(H,22,26)/t20-/m0/s1. The fourth-order valence-corrected chi connectivity index (χ4v) is 3.47. The fourth-order valence-electron chi connectivity index (χ4n) is 3.15. The van der Waals surface area contributed by atoms with E-state index < -0.39 is 29.8 Å². The van der Waals surface area contributed by atoms with Gasteiger partial charge in [0.2, 0.25) is 0 Å². The maximum absolute atomic E-state index is 13.0. The van der Waals surface area contributed by atoms with E-state index in [0.717, 1.165) is 4.90 Å². The molecule has 1 fully saturated rings. The number of benzene rings is 2. The summed E-state index contributed by atoms with van der Waals surface area (Å²) in [6.45, 7) is 1.14. The van der Waals surface area contributed by atoms with Crippen LogP contribution in [-0.4, -0.2) is 43.4 Å². The molecule has 1 atom stereocenters. The third-order valence-corrected chi connectivity index (χ3v) is 5.03. The average Bonchev–Trinajstić information content (AvgIpc) is 2.91. The number of carbonyl (C=O) groups excluding carboxylic acids is 3. The third-order valence-electron chi connectivity index (χ3n) is 4.70. The highest BCUT2D eigenvalue weighted by atomic mass is 35.5. The van der Waals surface area contributed by atoms with Crippen LogP contribution in [0.1, 0.15) is 22.8 Å². The molecule has 0 spiro atoms. The van der Waals surface area contributed by atoms with Gasteiger partial charge in [0.25, 0.3) is 5.91 Å². The number of hydrogen-bond donors (Lipinski definition) is 1. The topological polar surface area (TPSA) is 84.9 Å². The summed E-state index contributed by atoms with van der Waals surface area (Å²) in [6, 6.07) is 10.8. The summed E-state index contributed by atoms with van der Waals surface area (Å²) < 4.78 is 10.3. The molecule has 1 aliphatic rings. The Balaban J connectivity index is 1.87. The molecule has 1 saturated heterocycles. The Morgan fingerprint density at radius 1 is 1.14 bits per heavy atom. The number of ketones is 1. The number of nitrogens with zero attached hydrogens (tertiary/aromatic N) is 1. The van der Waals surface area contributed by atoms with Gasteiger partial charge in [-0.3, -0.25) is 14.5 Å². The summed E-state index contributed by atoms with van der Waals surface area (Å²) in [6.07, 6.45) is 0. The molecule has 0 aromatic heterocycles. The molecule has 0 bridgehead atoms. The summed E-state index contributed by atoms with van der Waals surface area (Å²) in [5, 5.41) is 2.99. The number of carbonyl (C=O) groups is 3. The van der Waals surface area contributed by atoms with E-state index in [1.165, 1.54) is 20.3 Å². The number of rotatable bonds is 6. The first-order valence-corrected chi connectivity index (χ1v) is 8.84. The number of urea groups is 1. The van der Waals surface area contributed by atoms with Crippen LogP contribution >= 0.6 is 11.6 Å². The minimum absolute atomic E-state index is 0.246. The maximum atomic E-state index is 13.0. The lowest BCUT2D eigenvalue weighted by atomic mass is 9.92. The SMILES string of the molecule is COc1ccc(C(=O)CN2C(=O)N[C@@](C)(c3ccccc3Cl)C2=O)c(OC)c1. The molecule has 0 unspecified atom stereocenters. The molecule has 3 rings (SSSR count). The quantitative estimate of drug-likeness (QED) is 0.593. The van der Waals surface area contributed by atoms with E-state index in [2.05, 4.69) is 5.32 Å². The molecule has 0 saturated carbocycles. The van der Waals surface area contributed by atoms with Crippen molar-refractivity contribution >= 4 is 29.3 Å². The first-order valence-electron chi connectivity index (χ1n) is 8.46. The fraction of sp³-hybridized carbons (Fsp3) is 0.250. The number of nitrogens with one attached hydrogen (secondary N) is 1. The van der Waals surface area contributed by atoms with Gasteiger partial charge in [-0.25, -0.2) is 4.79 Å². The average molecular weight is 403 g/mol. The summed E-state index contributed by atoms with van der Waals surface area (Å²) in [5.74, 6) is -0.169. The van der Waals surface area contributed by atoms with Gasteiger partial charge < -0.3 is 14.8 Å². The molecule has 1 N–H and O–H groups in total. The van der Waals surface area contributed by atoms with Crippen molar-refractivity contribution in [3.05, 3.63) is 58.6 Å². The second-order valence-electron chi connectivity index (χ2n) is 6.42. The van der Waals surface area contributed by atoms with Gasteiger partial charge in [0.05, 0.1) is 26.3 Å². The minimum Gasteiger partial charge on any atom is -0.497 e. The Hall–Kier alpha value is -3.06. The number of imide groups is 1. The summed E-state index contributed by atoms with van der Waals surface area (Å²) in [7, 11) is 2.92. The summed E-state index contributed by atoms with van der Waals surface area (Å²) >= 11 is 6.21. The van der Waals surface area contributed by atoms with Crippen molar-refractivity contribution in [2.75, 3.05) is 20.8 Å². The van der Waals surface area contributed by atoms with Gasteiger partial charge in [0.15, 0.2) is 5.78 Å². The lowest BCUT2D eigenvalue weighted by Crippen LogP contribution is -2.41. The molecule has 1 aliphatic heterocycles. The highest BCUT2D eigenvalue weighted by molar-refractivity contribution is 6.32. The van der Waals surface area contributed by atoms with Crippen molar-refractivity contribution in [2.45, 2.75) is 12.5 Å². The molecule has 2 aromatic rings. The Labute approximate surface area is 167 Å². The van der Waals surface area contributed by atoms with Gasteiger partial charge in [0, 0.05) is 16.7 Å². The van der Waals surface area contributed by atoms with Crippen molar-refractivity contribution < 1.29 is 23.9 Å². The first-order chi connectivity index (χ1) is 13.3. The van der Waals surface area contributed by atoms with E-state index >= 15 is 0 Å². The van der Waals surface area contributed by atoms with Gasteiger partial charge >= 0.3 is 6.03 Å². The summed E-state index contributed by atoms with van der Waals surface area (Å²) in [4.78, 5) is 39.1. The second kappa shape index (κ2) is 7.52. The molecule has 0 radical (unpaired) electrons. The van der Waals surface area contributed by atoms with E-state index in [-0.39, 0.29) is 5.56 Å². The lowest BCUT2D eigenvalue weighted by molar-refractivity contribution is -0.130. The molecular formula is C20H19ClN2O5. The first kappa shape index (κ1) is 19.7. The second-order valence-corrected chi connectivity index (χ2v) is 6.82. The predicted octanol–water partition coefficient (Wildman–Crippen LogP) is 3.01. The van der Waals surface area contributed by atoms with Gasteiger partial charge in [-0.1, -0.05) is 29.8 Å². The van der Waals surface area contributed by atoms with Gasteiger partial charge in [0.1, 0.15) is 17.0 Å². The highest BCUT2D eigenvalue weighted by Crippen LogP contribution is 2.34. The van der Waals surface area contributed by atoms with E-state index in [1.807, 2.05) is 0 Å². The van der Waals surface area contributed by atoms with Crippen LogP contribution in [0.15, 0.2) is 42.5 Å². The molecular weight excluding hydrogens is 384 g/mol. The number of halogens is 1. The van der Waals surface area contributed by atoms with E-state index in [0.29, 0.717) is 22.1 Å². The van der Waals surface area contributed by atoms with E-state index in [1.54, 1.807) is 43.3 Å². The van der Waals surface area contributed by atoms with Crippen LogP contribution in [0, 0.1) is 0 Å². The molecule has 28 heavy (non-hydrogen) atoms. The Morgan fingerprint density at radius 2 is 1.86 bits per heavy atom. The number of methoxy groups -OCH3 is 2. The number of Topliss-reactive ketones (excluding diaryl/α,β-unsaturated/α-hetero) is 1. The van der Waals surface area contributed by atoms with Crippen LogP contribution in [0.5, 0.6) is 11.5 Å². The van der Waals surface area contributed by atoms with E-state index in [4.69, 9.17) is 21.1 Å². The number of ether oxygens (including phenoxy) is 2. The normalized spacial score (nSPS) is 18.8. The van der Waals surface area contributed by atoms with Crippen LogP contribution in [0.2, 0.25) is 5.02 Å². The van der Waals surface area contributed by atoms with E-state index in [9.17, 15) is 14.4 Å². The van der Waals surface area contributed by atoms with Gasteiger partial charge in [-0.15, -0.1) is 0 Å². The number of hydrogen-bond acceptors (Lipinski definition) is 5. The van der Waals surface area contributed by atoms with Crippen LogP contribution in [0.4, 0.5) is 4.79 Å². The van der Waals surface area contributed by atoms with Crippen LogP contribution in [0.25, 0.3) is 0 Å². The van der Waals surface area contributed by atoms with Crippen LogP contribution in [-0.2, 0) is 10.3 Å². The Kier molecular flexibility index (Phi) is 5.29. The zero-order chi connectivity index (χ0) is 20.5. The molecule has 7 nitrogen and oxygen atoms in total. The van der Waals surface area contributed by atoms with Crippen molar-refractivity contribution in [2.24, 2.45) is 0 Å². The van der Waals surface area contributed by atoms with Crippen LogP contribution < -0.4 is 14.8 Å². The summed E-state index contributed by atoms with van der Waals surface area (Å²) in [5.41, 5.74) is -0.637. The van der Waals surface area contributed by atoms with Crippen molar-refractivity contribution in [1.29, 1.82) is 0 Å². The van der Waals surface area contributed by atoms with Crippen molar-refractivity contribution in [3.63, 3.8) is 0 Å². The zero-order valence-corrected chi connectivity index (χ0v) is 16.4. The molecule has 2 aromatic carbocycles. The van der Waals surface area contributed by atoms with Crippen molar-refractivity contribution in [1.82, 2.24) is 10.2 Å².